The van der Waals surface area contributed by atoms with Crippen LogP contribution in [-0.2, 0) is 0 Å². The van der Waals surface area contributed by atoms with Gasteiger partial charge in [-0.25, -0.2) is 0 Å². The van der Waals surface area contributed by atoms with E-state index in [1.807, 2.05) is 6.07 Å². The Kier molecular flexibility index (Phi) is 6.34. The van der Waals surface area contributed by atoms with Crippen LogP contribution in [0, 0.1) is 12.8 Å². The van der Waals surface area contributed by atoms with Gasteiger partial charge in [-0.15, -0.1) is 0 Å². The van der Waals surface area contributed by atoms with Crippen LogP contribution in [0.5, 0.6) is 5.75 Å². The van der Waals surface area contributed by atoms with Gasteiger partial charge >= 0.3 is 0 Å². The molecule has 1 aromatic rings. The predicted octanol–water partition coefficient (Wildman–Crippen LogP) is 2.70. The minimum atomic E-state index is 0.819. The molecule has 0 amide bonds. The van der Waals surface area contributed by atoms with Gasteiger partial charge in [-0.1, -0.05) is 12.1 Å². The number of aryl methyl sites for hydroxylation is 1. The first-order chi connectivity index (χ1) is 9.78. The molecule has 0 unspecified atom stereocenters. The van der Waals surface area contributed by atoms with Crippen LogP contribution in [0.4, 0.5) is 0 Å². The van der Waals surface area contributed by atoms with Crippen LogP contribution in [-0.4, -0.2) is 44.7 Å². The number of ether oxygens (including phenoxy) is 1. The Bertz CT molecular complexity index is 386. The molecule has 0 spiro atoms. The summed E-state index contributed by atoms with van der Waals surface area (Å²) in [6, 6.07) is 8.29. The second-order valence-corrected chi connectivity index (χ2v) is 5.86. The highest BCUT2D eigenvalue weighted by atomic mass is 16.5. The summed E-state index contributed by atoms with van der Waals surface area (Å²) in [5, 5.41) is 3.29. The van der Waals surface area contributed by atoms with Gasteiger partial charge in [0, 0.05) is 6.54 Å². The van der Waals surface area contributed by atoms with E-state index in [9.17, 15) is 0 Å². The fourth-order valence-electron chi connectivity index (χ4n) is 2.89. The second kappa shape index (κ2) is 8.28. The normalized spacial score (nSPS) is 17.3. The van der Waals surface area contributed by atoms with Crippen molar-refractivity contribution in [3.8, 4) is 5.75 Å². The topological polar surface area (TPSA) is 24.5 Å². The number of nitrogens with one attached hydrogen (secondary N) is 1. The molecule has 112 valence electrons. The third-order valence-electron chi connectivity index (χ3n) is 4.08. The highest BCUT2D eigenvalue weighted by Gasteiger charge is 2.17. The van der Waals surface area contributed by atoms with E-state index in [-0.39, 0.29) is 0 Å². The highest BCUT2D eigenvalue weighted by molar-refractivity contribution is 5.27. The van der Waals surface area contributed by atoms with E-state index in [0.29, 0.717) is 0 Å². The molecule has 3 heteroatoms. The zero-order chi connectivity index (χ0) is 14.2. The maximum Gasteiger partial charge on any atom is 0.119 e. The van der Waals surface area contributed by atoms with Gasteiger partial charge in [0.2, 0.25) is 0 Å². The van der Waals surface area contributed by atoms with Crippen LogP contribution in [0.15, 0.2) is 24.3 Å². The Labute approximate surface area is 123 Å². The predicted molar refractivity (Wildman–Crippen MR) is 84.4 cm³/mol. The van der Waals surface area contributed by atoms with Crippen molar-refractivity contribution < 1.29 is 4.74 Å². The average Bonchev–Trinajstić information content (AvgIpc) is 2.46. The number of rotatable bonds is 7. The molecule has 1 heterocycles. The van der Waals surface area contributed by atoms with Crippen LogP contribution >= 0.6 is 0 Å². The first-order valence-corrected chi connectivity index (χ1v) is 7.84. The Balaban J connectivity index is 1.58. The average molecular weight is 276 g/mol. The van der Waals surface area contributed by atoms with Crippen molar-refractivity contribution in [2.75, 3.05) is 39.8 Å². The van der Waals surface area contributed by atoms with E-state index in [4.69, 9.17) is 4.74 Å². The molecule has 1 N–H and O–H groups in total. The number of hydrogen-bond acceptors (Lipinski definition) is 3. The zero-order valence-electron chi connectivity index (χ0n) is 12.9. The fourth-order valence-corrected chi connectivity index (χ4v) is 2.89. The maximum atomic E-state index is 5.80. The first-order valence-electron chi connectivity index (χ1n) is 7.84. The SMILES string of the molecule is CNCC1CCN(CCCOc2cccc(C)c2)CC1. The molecule has 0 aromatic heterocycles. The summed E-state index contributed by atoms with van der Waals surface area (Å²) in [4.78, 5) is 2.58. The number of hydrogen-bond donors (Lipinski definition) is 1. The van der Waals surface area contributed by atoms with Crippen molar-refractivity contribution in [3.05, 3.63) is 29.8 Å². The van der Waals surface area contributed by atoms with Crippen molar-refractivity contribution in [2.45, 2.75) is 26.2 Å². The van der Waals surface area contributed by atoms with Gasteiger partial charge in [-0.05, 0) is 76.5 Å². The van der Waals surface area contributed by atoms with E-state index in [2.05, 4.69) is 42.4 Å². The monoisotopic (exact) mass is 276 g/mol. The highest BCUT2D eigenvalue weighted by Crippen LogP contribution is 2.17. The number of nitrogens with zero attached hydrogens (tertiary/aromatic N) is 1. The van der Waals surface area contributed by atoms with Gasteiger partial charge in [-0.2, -0.15) is 0 Å². The summed E-state index contributed by atoms with van der Waals surface area (Å²) in [7, 11) is 2.05. The summed E-state index contributed by atoms with van der Waals surface area (Å²) in [6.07, 6.45) is 3.78. The van der Waals surface area contributed by atoms with E-state index in [1.165, 1.54) is 38.0 Å². The van der Waals surface area contributed by atoms with Crippen LogP contribution in [0.25, 0.3) is 0 Å². The van der Waals surface area contributed by atoms with Gasteiger partial charge in [0.15, 0.2) is 0 Å². The quantitative estimate of drug-likeness (QED) is 0.775. The van der Waals surface area contributed by atoms with Gasteiger partial charge in [0.05, 0.1) is 6.61 Å². The van der Waals surface area contributed by atoms with E-state index in [1.54, 1.807) is 0 Å². The van der Waals surface area contributed by atoms with Crippen molar-refractivity contribution >= 4 is 0 Å². The van der Waals surface area contributed by atoms with E-state index < -0.39 is 0 Å². The lowest BCUT2D eigenvalue weighted by molar-refractivity contribution is 0.170. The molecule has 1 saturated heterocycles. The third-order valence-corrected chi connectivity index (χ3v) is 4.08. The lowest BCUT2D eigenvalue weighted by atomic mass is 9.97. The molecule has 0 bridgehead atoms. The summed E-state index contributed by atoms with van der Waals surface area (Å²) in [5.74, 6) is 1.87. The molecule has 2 rings (SSSR count). The van der Waals surface area contributed by atoms with E-state index in [0.717, 1.165) is 31.2 Å². The molecular formula is C17H28N2O. The zero-order valence-corrected chi connectivity index (χ0v) is 12.9. The van der Waals surface area contributed by atoms with Crippen LogP contribution < -0.4 is 10.1 Å². The molecule has 1 aromatic carbocycles. The Morgan fingerprint density at radius 1 is 1.30 bits per heavy atom. The number of piperidine rings is 1. The molecule has 0 aliphatic carbocycles. The second-order valence-electron chi connectivity index (χ2n) is 5.86. The minimum absolute atomic E-state index is 0.819. The molecule has 1 aliphatic heterocycles. The first kappa shape index (κ1) is 15.3. The molecule has 0 radical (unpaired) electrons. The van der Waals surface area contributed by atoms with Crippen LogP contribution in [0.3, 0.4) is 0 Å². The molecule has 1 aliphatic rings. The summed E-state index contributed by atoms with van der Waals surface area (Å²) in [6.45, 7) is 7.75. The van der Waals surface area contributed by atoms with Crippen molar-refractivity contribution in [3.63, 3.8) is 0 Å². The molecule has 3 nitrogen and oxygen atoms in total. The van der Waals surface area contributed by atoms with Crippen LogP contribution in [0.2, 0.25) is 0 Å². The number of likely N-dealkylation sites (tertiary alicyclic amines) is 1. The molecule has 1 fully saturated rings. The van der Waals surface area contributed by atoms with Gasteiger partial charge in [0.1, 0.15) is 5.75 Å². The molecular weight excluding hydrogens is 248 g/mol. The lowest BCUT2D eigenvalue weighted by Crippen LogP contribution is -2.37. The summed E-state index contributed by atoms with van der Waals surface area (Å²) >= 11 is 0. The van der Waals surface area contributed by atoms with Gasteiger partial charge in [0.25, 0.3) is 0 Å². The van der Waals surface area contributed by atoms with Crippen molar-refractivity contribution in [2.24, 2.45) is 5.92 Å². The standard InChI is InChI=1S/C17H28N2O/c1-15-5-3-6-17(13-15)20-12-4-9-19-10-7-16(8-11-19)14-18-2/h3,5-6,13,16,18H,4,7-12,14H2,1-2H3. The largest absolute Gasteiger partial charge is 0.494 e. The van der Waals surface area contributed by atoms with Crippen molar-refractivity contribution in [1.82, 2.24) is 10.2 Å². The smallest absolute Gasteiger partial charge is 0.119 e. The Morgan fingerprint density at radius 3 is 2.80 bits per heavy atom. The fraction of sp³-hybridized carbons (Fsp3) is 0.647. The number of benzene rings is 1. The Morgan fingerprint density at radius 2 is 2.10 bits per heavy atom. The molecule has 0 saturated carbocycles. The Hall–Kier alpha value is -1.06. The summed E-state index contributed by atoms with van der Waals surface area (Å²) < 4.78 is 5.80. The van der Waals surface area contributed by atoms with Crippen molar-refractivity contribution in [1.29, 1.82) is 0 Å². The lowest BCUT2D eigenvalue weighted by Gasteiger charge is -2.31. The minimum Gasteiger partial charge on any atom is -0.494 e. The third kappa shape index (κ3) is 5.14. The van der Waals surface area contributed by atoms with Crippen LogP contribution in [0.1, 0.15) is 24.8 Å². The molecule has 0 atom stereocenters. The molecule has 20 heavy (non-hydrogen) atoms. The van der Waals surface area contributed by atoms with Gasteiger partial charge in [-0.3, -0.25) is 0 Å². The maximum absolute atomic E-state index is 5.80. The van der Waals surface area contributed by atoms with E-state index >= 15 is 0 Å². The van der Waals surface area contributed by atoms with Gasteiger partial charge < -0.3 is 15.0 Å². The summed E-state index contributed by atoms with van der Waals surface area (Å²) in [5.41, 5.74) is 1.26.